The standard InChI is InChI=1S/C19H14Cl2OS/c1-11-7-13(20)3-5-16(11)18-9-15(10-22)23-19(18)17-6-4-14(21)8-12(17)2/h3-10H,1-2H3. The van der Waals surface area contributed by atoms with Crippen molar-refractivity contribution in [3.8, 4) is 21.6 Å². The molecule has 0 amide bonds. The fourth-order valence-corrected chi connectivity index (χ4v) is 4.21. The van der Waals surface area contributed by atoms with E-state index in [1.807, 2.05) is 56.3 Å². The molecule has 0 saturated carbocycles. The Bertz CT molecular complexity index is 827. The SMILES string of the molecule is Cc1cc(Cl)ccc1-c1cc(C=O)sc1-c1ccc(Cl)cc1C. The third-order valence-corrected chi connectivity index (χ3v) is 5.34. The minimum atomic E-state index is 0.707. The molecule has 0 unspecified atom stereocenters. The van der Waals surface area contributed by atoms with Crippen molar-refractivity contribution in [2.24, 2.45) is 0 Å². The molecule has 0 aliphatic carbocycles. The quantitative estimate of drug-likeness (QED) is 0.468. The van der Waals surface area contributed by atoms with E-state index in [2.05, 4.69) is 0 Å². The van der Waals surface area contributed by atoms with E-state index < -0.39 is 0 Å². The van der Waals surface area contributed by atoms with Gasteiger partial charge in [0.05, 0.1) is 4.88 Å². The number of rotatable bonds is 3. The normalized spacial score (nSPS) is 10.8. The summed E-state index contributed by atoms with van der Waals surface area (Å²) in [6.07, 6.45) is 0.897. The first-order valence-corrected chi connectivity index (χ1v) is 8.69. The second kappa shape index (κ2) is 6.48. The van der Waals surface area contributed by atoms with Crippen LogP contribution in [0.3, 0.4) is 0 Å². The largest absolute Gasteiger partial charge is 0.297 e. The van der Waals surface area contributed by atoms with Crippen LogP contribution in [0.1, 0.15) is 20.8 Å². The van der Waals surface area contributed by atoms with Crippen molar-refractivity contribution >= 4 is 40.8 Å². The summed E-state index contributed by atoms with van der Waals surface area (Å²) in [5, 5.41) is 1.42. The van der Waals surface area contributed by atoms with Gasteiger partial charge in [0.15, 0.2) is 6.29 Å². The van der Waals surface area contributed by atoms with Crippen LogP contribution in [-0.2, 0) is 0 Å². The van der Waals surface area contributed by atoms with Crippen LogP contribution >= 0.6 is 34.5 Å². The maximum Gasteiger partial charge on any atom is 0.160 e. The second-order valence-corrected chi connectivity index (χ2v) is 7.38. The van der Waals surface area contributed by atoms with Gasteiger partial charge in [-0.3, -0.25) is 4.79 Å². The molecule has 116 valence electrons. The number of aldehydes is 1. The van der Waals surface area contributed by atoms with Gasteiger partial charge in [-0.2, -0.15) is 0 Å². The summed E-state index contributed by atoms with van der Waals surface area (Å²) in [6.45, 7) is 4.05. The van der Waals surface area contributed by atoms with E-state index in [1.165, 1.54) is 11.3 Å². The number of thiophene rings is 1. The summed E-state index contributed by atoms with van der Waals surface area (Å²) in [4.78, 5) is 13.1. The zero-order chi connectivity index (χ0) is 16.6. The molecule has 0 saturated heterocycles. The number of carbonyl (C=O) groups is 1. The number of aryl methyl sites for hydroxylation is 2. The Kier molecular flexibility index (Phi) is 4.58. The first-order chi connectivity index (χ1) is 11.0. The van der Waals surface area contributed by atoms with Crippen LogP contribution in [-0.4, -0.2) is 6.29 Å². The van der Waals surface area contributed by atoms with Crippen molar-refractivity contribution in [1.82, 2.24) is 0 Å². The summed E-state index contributed by atoms with van der Waals surface area (Å²) < 4.78 is 0. The highest BCUT2D eigenvalue weighted by Crippen LogP contribution is 2.42. The second-order valence-electron chi connectivity index (χ2n) is 5.43. The van der Waals surface area contributed by atoms with Gasteiger partial charge in [0.25, 0.3) is 0 Å². The molecular weight excluding hydrogens is 347 g/mol. The third-order valence-electron chi connectivity index (χ3n) is 3.78. The number of carbonyl (C=O) groups excluding carboxylic acids is 1. The van der Waals surface area contributed by atoms with E-state index in [0.717, 1.165) is 39.0 Å². The van der Waals surface area contributed by atoms with E-state index in [4.69, 9.17) is 23.2 Å². The van der Waals surface area contributed by atoms with Crippen LogP contribution in [0.2, 0.25) is 10.0 Å². The number of halogens is 2. The fraction of sp³-hybridized carbons (Fsp3) is 0.105. The average Bonchev–Trinajstić information content (AvgIpc) is 2.91. The molecule has 1 aromatic heterocycles. The van der Waals surface area contributed by atoms with Gasteiger partial charge in [-0.15, -0.1) is 11.3 Å². The van der Waals surface area contributed by atoms with Crippen LogP contribution in [0, 0.1) is 13.8 Å². The van der Waals surface area contributed by atoms with Crippen LogP contribution in [0.15, 0.2) is 42.5 Å². The number of hydrogen-bond acceptors (Lipinski definition) is 2. The molecule has 1 heterocycles. The van der Waals surface area contributed by atoms with E-state index in [9.17, 15) is 4.79 Å². The highest BCUT2D eigenvalue weighted by molar-refractivity contribution is 7.17. The lowest BCUT2D eigenvalue weighted by atomic mass is 9.96. The van der Waals surface area contributed by atoms with Gasteiger partial charge in [-0.1, -0.05) is 35.3 Å². The molecule has 3 aromatic rings. The Morgan fingerprint density at radius 3 is 1.91 bits per heavy atom. The van der Waals surface area contributed by atoms with Gasteiger partial charge in [-0.25, -0.2) is 0 Å². The van der Waals surface area contributed by atoms with Crippen molar-refractivity contribution in [3.63, 3.8) is 0 Å². The zero-order valence-corrected chi connectivity index (χ0v) is 15.0. The molecule has 0 N–H and O–H groups in total. The molecular formula is C19H14Cl2OS. The summed E-state index contributed by atoms with van der Waals surface area (Å²) in [5.41, 5.74) is 5.40. The van der Waals surface area contributed by atoms with Crippen molar-refractivity contribution in [2.75, 3.05) is 0 Å². The number of hydrogen-bond donors (Lipinski definition) is 0. The van der Waals surface area contributed by atoms with E-state index in [0.29, 0.717) is 14.9 Å². The molecule has 0 radical (unpaired) electrons. The topological polar surface area (TPSA) is 17.1 Å². The molecule has 0 aliphatic heterocycles. The van der Waals surface area contributed by atoms with Gasteiger partial charge in [0.2, 0.25) is 0 Å². The summed E-state index contributed by atoms with van der Waals surface area (Å²) in [7, 11) is 0. The first-order valence-electron chi connectivity index (χ1n) is 7.11. The van der Waals surface area contributed by atoms with Crippen LogP contribution in [0.4, 0.5) is 0 Å². The summed E-state index contributed by atoms with van der Waals surface area (Å²) in [5.74, 6) is 0. The summed E-state index contributed by atoms with van der Waals surface area (Å²) >= 11 is 13.6. The Hall–Kier alpha value is -1.61. The Morgan fingerprint density at radius 2 is 1.39 bits per heavy atom. The lowest BCUT2D eigenvalue weighted by Gasteiger charge is -2.10. The van der Waals surface area contributed by atoms with E-state index in [1.54, 1.807) is 0 Å². The smallest absolute Gasteiger partial charge is 0.160 e. The van der Waals surface area contributed by atoms with Crippen LogP contribution in [0.5, 0.6) is 0 Å². The molecule has 0 bridgehead atoms. The predicted molar refractivity (Wildman–Crippen MR) is 100 cm³/mol. The molecule has 0 spiro atoms. The predicted octanol–water partition coefficient (Wildman–Crippen LogP) is 6.82. The Balaban J connectivity index is 2.25. The Morgan fingerprint density at radius 1 is 0.826 bits per heavy atom. The zero-order valence-electron chi connectivity index (χ0n) is 12.7. The van der Waals surface area contributed by atoms with Gasteiger partial charge in [0.1, 0.15) is 0 Å². The van der Waals surface area contributed by atoms with E-state index >= 15 is 0 Å². The third kappa shape index (κ3) is 3.20. The van der Waals surface area contributed by atoms with Crippen molar-refractivity contribution in [2.45, 2.75) is 13.8 Å². The molecule has 4 heteroatoms. The summed E-state index contributed by atoms with van der Waals surface area (Å²) in [6, 6.07) is 13.6. The number of benzene rings is 2. The lowest BCUT2D eigenvalue weighted by Crippen LogP contribution is -1.86. The maximum absolute atomic E-state index is 11.3. The van der Waals surface area contributed by atoms with Crippen LogP contribution in [0.25, 0.3) is 21.6 Å². The van der Waals surface area contributed by atoms with Gasteiger partial charge in [0, 0.05) is 20.5 Å². The van der Waals surface area contributed by atoms with E-state index in [-0.39, 0.29) is 0 Å². The fourth-order valence-electron chi connectivity index (χ4n) is 2.68. The van der Waals surface area contributed by atoms with Gasteiger partial charge < -0.3 is 0 Å². The highest BCUT2D eigenvalue weighted by Gasteiger charge is 2.16. The molecule has 0 aliphatic rings. The first kappa shape index (κ1) is 16.3. The van der Waals surface area contributed by atoms with Crippen molar-refractivity contribution < 1.29 is 4.79 Å². The van der Waals surface area contributed by atoms with Crippen molar-refractivity contribution in [3.05, 3.63) is 68.5 Å². The molecule has 0 atom stereocenters. The molecule has 0 fully saturated rings. The lowest BCUT2D eigenvalue weighted by molar-refractivity contribution is 0.112. The van der Waals surface area contributed by atoms with Crippen molar-refractivity contribution in [1.29, 1.82) is 0 Å². The monoisotopic (exact) mass is 360 g/mol. The molecule has 1 nitrogen and oxygen atoms in total. The average molecular weight is 361 g/mol. The molecule has 2 aromatic carbocycles. The highest BCUT2D eigenvalue weighted by atomic mass is 35.5. The maximum atomic E-state index is 11.3. The Labute approximate surface area is 149 Å². The minimum Gasteiger partial charge on any atom is -0.297 e. The molecule has 23 heavy (non-hydrogen) atoms. The van der Waals surface area contributed by atoms with Gasteiger partial charge in [-0.05, 0) is 66.4 Å². The van der Waals surface area contributed by atoms with Crippen LogP contribution < -0.4 is 0 Å². The molecule has 3 rings (SSSR count). The van der Waals surface area contributed by atoms with Gasteiger partial charge >= 0.3 is 0 Å². The minimum absolute atomic E-state index is 0.707.